The van der Waals surface area contributed by atoms with Crippen molar-refractivity contribution in [2.75, 3.05) is 33.0 Å². The molecule has 1 heterocycles. The summed E-state index contributed by atoms with van der Waals surface area (Å²) in [7, 11) is 0. The predicted octanol–water partition coefficient (Wildman–Crippen LogP) is 5.81. The predicted molar refractivity (Wildman–Crippen MR) is 133 cm³/mol. The summed E-state index contributed by atoms with van der Waals surface area (Å²) >= 11 is 0. The van der Waals surface area contributed by atoms with Crippen molar-refractivity contribution in [1.29, 1.82) is 0 Å². The van der Waals surface area contributed by atoms with Crippen LogP contribution < -0.4 is 0 Å². The van der Waals surface area contributed by atoms with E-state index in [-0.39, 0.29) is 12.0 Å². The molecule has 0 saturated heterocycles. The molecule has 1 aromatic heterocycles. The van der Waals surface area contributed by atoms with Crippen LogP contribution in [0.25, 0.3) is 10.9 Å². The highest BCUT2D eigenvalue weighted by Gasteiger charge is 2.13. The molecular formula is C27H39NO5. The highest BCUT2D eigenvalue weighted by Crippen LogP contribution is 2.18. The standard InChI is InChI=1S/C25H33NO5.C2H6/c1-20(16-31-18-24(27)28)8-6-13-25(2,3)19-30-15-7-14-29-17-22-12-11-21-9-4-5-10-23(21)26-22;1-2/h4-6,8-13H,7,14-19H2,1-3H3,(H,27,28);1-2H3/b13-6-,20-8-;. The van der Waals surface area contributed by atoms with Crippen molar-refractivity contribution in [3.8, 4) is 0 Å². The second-order valence-corrected chi connectivity index (χ2v) is 8.20. The Morgan fingerprint density at radius 1 is 1.03 bits per heavy atom. The summed E-state index contributed by atoms with van der Waals surface area (Å²) in [5.41, 5.74) is 2.78. The first-order valence-electron chi connectivity index (χ1n) is 11.5. The summed E-state index contributed by atoms with van der Waals surface area (Å²) < 4.78 is 16.6. The van der Waals surface area contributed by atoms with E-state index >= 15 is 0 Å². The van der Waals surface area contributed by atoms with Crippen molar-refractivity contribution < 1.29 is 24.1 Å². The van der Waals surface area contributed by atoms with Gasteiger partial charge in [0.2, 0.25) is 0 Å². The Morgan fingerprint density at radius 3 is 2.52 bits per heavy atom. The van der Waals surface area contributed by atoms with E-state index in [2.05, 4.69) is 37.0 Å². The third-order valence-electron chi connectivity index (χ3n) is 4.44. The monoisotopic (exact) mass is 457 g/mol. The topological polar surface area (TPSA) is 77.9 Å². The smallest absolute Gasteiger partial charge is 0.329 e. The molecule has 0 fully saturated rings. The van der Waals surface area contributed by atoms with E-state index in [1.54, 1.807) is 0 Å². The van der Waals surface area contributed by atoms with Crippen LogP contribution in [0.4, 0.5) is 0 Å². The number of nitrogens with zero attached hydrogens (tertiary/aromatic N) is 1. The Bertz CT molecular complexity index is 889. The summed E-state index contributed by atoms with van der Waals surface area (Å²) in [6, 6.07) is 12.1. The molecular weight excluding hydrogens is 418 g/mol. The molecule has 0 aliphatic carbocycles. The molecule has 2 aromatic rings. The van der Waals surface area contributed by atoms with Gasteiger partial charge in [-0.2, -0.15) is 0 Å². The number of aliphatic carboxylic acids is 1. The van der Waals surface area contributed by atoms with Gasteiger partial charge in [0.1, 0.15) is 6.61 Å². The Hall–Kier alpha value is -2.54. The fourth-order valence-electron chi connectivity index (χ4n) is 2.83. The van der Waals surface area contributed by atoms with Gasteiger partial charge in [0.05, 0.1) is 31.0 Å². The van der Waals surface area contributed by atoms with Crippen LogP contribution in [0.5, 0.6) is 0 Å². The number of fused-ring (bicyclic) bond motifs is 1. The van der Waals surface area contributed by atoms with Crippen LogP contribution >= 0.6 is 0 Å². The van der Waals surface area contributed by atoms with Gasteiger partial charge in [-0.1, -0.05) is 70.2 Å². The molecule has 0 unspecified atom stereocenters. The Labute approximate surface area is 198 Å². The summed E-state index contributed by atoms with van der Waals surface area (Å²) in [5, 5.41) is 9.70. The van der Waals surface area contributed by atoms with Crippen LogP contribution in [-0.4, -0.2) is 49.1 Å². The van der Waals surface area contributed by atoms with Crippen LogP contribution in [-0.2, 0) is 25.6 Å². The van der Waals surface area contributed by atoms with Gasteiger partial charge in [-0.05, 0) is 31.1 Å². The van der Waals surface area contributed by atoms with Gasteiger partial charge in [-0.15, -0.1) is 0 Å². The number of aromatic nitrogens is 1. The van der Waals surface area contributed by atoms with Crippen molar-refractivity contribution in [3.63, 3.8) is 0 Å². The number of carboxylic acid groups (broad SMARTS) is 1. The first-order valence-corrected chi connectivity index (χ1v) is 11.5. The minimum atomic E-state index is -0.961. The van der Waals surface area contributed by atoms with Gasteiger partial charge in [0.25, 0.3) is 0 Å². The zero-order valence-electron chi connectivity index (χ0n) is 20.7. The number of hydrogen-bond donors (Lipinski definition) is 1. The third-order valence-corrected chi connectivity index (χ3v) is 4.44. The van der Waals surface area contributed by atoms with Gasteiger partial charge in [0.15, 0.2) is 0 Å². The van der Waals surface area contributed by atoms with Crippen molar-refractivity contribution in [2.45, 2.75) is 47.6 Å². The zero-order chi connectivity index (χ0) is 24.5. The lowest BCUT2D eigenvalue weighted by atomic mass is 9.94. The van der Waals surface area contributed by atoms with E-state index in [1.807, 2.05) is 57.2 Å². The number of rotatable bonds is 14. The van der Waals surface area contributed by atoms with Gasteiger partial charge >= 0.3 is 5.97 Å². The quantitative estimate of drug-likeness (QED) is 0.285. The van der Waals surface area contributed by atoms with Crippen molar-refractivity contribution in [2.24, 2.45) is 5.41 Å². The maximum Gasteiger partial charge on any atom is 0.329 e. The fraction of sp³-hybridized carbons (Fsp3) is 0.481. The van der Waals surface area contributed by atoms with Gasteiger partial charge < -0.3 is 19.3 Å². The number of hydrogen-bond acceptors (Lipinski definition) is 5. The average Bonchev–Trinajstić information content (AvgIpc) is 2.79. The highest BCUT2D eigenvalue weighted by atomic mass is 16.5. The summed E-state index contributed by atoms with van der Waals surface area (Å²) in [4.78, 5) is 15.0. The molecule has 0 aliphatic rings. The fourth-order valence-corrected chi connectivity index (χ4v) is 2.83. The van der Waals surface area contributed by atoms with Crippen molar-refractivity contribution in [3.05, 3.63) is 65.9 Å². The first kappa shape index (κ1) is 28.5. The number of pyridine rings is 1. The molecule has 1 aromatic carbocycles. The van der Waals surface area contributed by atoms with Crippen molar-refractivity contribution >= 4 is 16.9 Å². The van der Waals surface area contributed by atoms with E-state index in [4.69, 9.17) is 19.3 Å². The van der Waals surface area contributed by atoms with E-state index in [0.717, 1.165) is 28.6 Å². The summed E-state index contributed by atoms with van der Waals surface area (Å²) in [6.07, 6.45) is 6.80. The van der Waals surface area contributed by atoms with Crippen LogP contribution in [0.15, 0.2) is 60.2 Å². The third kappa shape index (κ3) is 12.9. The summed E-state index contributed by atoms with van der Waals surface area (Å²) in [5.74, 6) is -0.961. The number of allylic oxidation sites excluding steroid dienone is 2. The lowest BCUT2D eigenvalue weighted by Crippen LogP contribution is -2.17. The maximum atomic E-state index is 10.4. The molecule has 6 heteroatoms. The van der Waals surface area contributed by atoms with E-state index in [1.165, 1.54) is 0 Å². The lowest BCUT2D eigenvalue weighted by molar-refractivity contribution is -0.141. The Balaban J connectivity index is 0.00000265. The number of para-hydroxylation sites is 1. The minimum absolute atomic E-state index is 0.103. The van der Waals surface area contributed by atoms with Gasteiger partial charge in [0, 0.05) is 24.0 Å². The molecule has 0 radical (unpaired) electrons. The number of carboxylic acids is 1. The molecule has 0 aliphatic heterocycles. The molecule has 0 spiro atoms. The van der Waals surface area contributed by atoms with E-state index < -0.39 is 5.97 Å². The van der Waals surface area contributed by atoms with E-state index in [9.17, 15) is 4.79 Å². The molecule has 6 nitrogen and oxygen atoms in total. The molecule has 1 N–H and O–H groups in total. The second kappa shape index (κ2) is 16.1. The number of ether oxygens (including phenoxy) is 3. The molecule has 0 saturated carbocycles. The molecule has 2 rings (SSSR count). The van der Waals surface area contributed by atoms with E-state index in [0.29, 0.717) is 33.0 Å². The highest BCUT2D eigenvalue weighted by molar-refractivity contribution is 5.78. The zero-order valence-corrected chi connectivity index (χ0v) is 20.7. The van der Waals surface area contributed by atoms with Crippen LogP contribution in [0.1, 0.15) is 46.7 Å². The molecule has 182 valence electrons. The largest absolute Gasteiger partial charge is 0.480 e. The number of benzene rings is 1. The lowest BCUT2D eigenvalue weighted by Gasteiger charge is -2.20. The maximum absolute atomic E-state index is 10.4. The molecule has 0 amide bonds. The second-order valence-electron chi connectivity index (χ2n) is 8.20. The Morgan fingerprint density at radius 2 is 1.76 bits per heavy atom. The normalized spacial score (nSPS) is 12.1. The first-order chi connectivity index (χ1) is 15.9. The van der Waals surface area contributed by atoms with Crippen LogP contribution in [0.2, 0.25) is 0 Å². The summed E-state index contributed by atoms with van der Waals surface area (Å²) in [6.45, 7) is 12.5. The molecule has 0 bridgehead atoms. The van der Waals surface area contributed by atoms with Crippen LogP contribution in [0.3, 0.4) is 0 Å². The minimum Gasteiger partial charge on any atom is -0.480 e. The molecule has 0 atom stereocenters. The molecule has 33 heavy (non-hydrogen) atoms. The van der Waals surface area contributed by atoms with Crippen molar-refractivity contribution in [1.82, 2.24) is 4.98 Å². The SMILES string of the molecule is C/C(=C/C=C\C(C)(C)COCCCOCc1ccc2ccccc2n1)COCC(=O)O.CC. The Kier molecular flexibility index (Phi) is 13.9. The average molecular weight is 458 g/mol. The van der Waals surface area contributed by atoms with Gasteiger partial charge in [-0.25, -0.2) is 4.79 Å². The van der Waals surface area contributed by atoms with Crippen LogP contribution in [0, 0.1) is 5.41 Å². The van der Waals surface area contributed by atoms with Gasteiger partial charge in [-0.3, -0.25) is 4.98 Å². The number of carbonyl (C=O) groups is 1.